The number of fused-ring (bicyclic) bond motifs is 1. The van der Waals surface area contributed by atoms with Gasteiger partial charge in [0.2, 0.25) is 0 Å². The number of hydrogen-bond acceptors (Lipinski definition) is 3. The molecule has 0 amide bonds. The summed E-state index contributed by atoms with van der Waals surface area (Å²) in [7, 11) is 0. The largest absolute Gasteiger partial charge is 0.396 e. The Morgan fingerprint density at radius 1 is 1.17 bits per heavy atom. The number of anilines is 1. The zero-order chi connectivity index (χ0) is 12.7. The summed E-state index contributed by atoms with van der Waals surface area (Å²) in [4.78, 5) is 4.56. The van der Waals surface area contributed by atoms with E-state index in [2.05, 4.69) is 17.1 Å². The van der Waals surface area contributed by atoms with Crippen LogP contribution in [0, 0.1) is 12.7 Å². The van der Waals surface area contributed by atoms with Crippen LogP contribution in [0.3, 0.4) is 0 Å². The van der Waals surface area contributed by atoms with Gasteiger partial charge in [-0.1, -0.05) is 6.07 Å². The Balaban J connectivity index is 2.16. The van der Waals surface area contributed by atoms with E-state index in [9.17, 15) is 4.39 Å². The van der Waals surface area contributed by atoms with Crippen LogP contribution in [0.25, 0.3) is 20.8 Å². The molecule has 2 aromatic carbocycles. The molecular formula is C14H11FN2S. The van der Waals surface area contributed by atoms with Gasteiger partial charge in [0.1, 0.15) is 10.8 Å². The highest BCUT2D eigenvalue weighted by atomic mass is 32.1. The van der Waals surface area contributed by atoms with Crippen molar-refractivity contribution >= 4 is 27.2 Å². The van der Waals surface area contributed by atoms with E-state index in [0.717, 1.165) is 20.8 Å². The second-order valence-electron chi connectivity index (χ2n) is 4.23. The topological polar surface area (TPSA) is 38.9 Å². The van der Waals surface area contributed by atoms with Gasteiger partial charge in [0.25, 0.3) is 0 Å². The minimum absolute atomic E-state index is 0.155. The molecule has 1 aromatic heterocycles. The molecule has 1 heterocycles. The monoisotopic (exact) mass is 258 g/mol. The van der Waals surface area contributed by atoms with E-state index in [1.165, 1.54) is 11.6 Å². The lowest BCUT2D eigenvalue weighted by Gasteiger charge is -1.99. The molecule has 3 rings (SSSR count). The first kappa shape index (κ1) is 11.2. The molecule has 4 heteroatoms. The third kappa shape index (κ3) is 1.84. The van der Waals surface area contributed by atoms with Crippen molar-refractivity contribution in [3.63, 3.8) is 0 Å². The summed E-state index contributed by atoms with van der Waals surface area (Å²) in [6.45, 7) is 2.04. The van der Waals surface area contributed by atoms with Gasteiger partial charge in [0.05, 0.1) is 15.9 Å². The number of rotatable bonds is 1. The highest BCUT2D eigenvalue weighted by molar-refractivity contribution is 7.21. The fraction of sp³-hybridized carbons (Fsp3) is 0.0714. The van der Waals surface area contributed by atoms with E-state index in [4.69, 9.17) is 5.73 Å². The van der Waals surface area contributed by atoms with Crippen molar-refractivity contribution in [1.82, 2.24) is 4.98 Å². The number of aryl methyl sites for hydroxylation is 1. The first-order valence-electron chi connectivity index (χ1n) is 5.56. The molecule has 2 N–H and O–H groups in total. The summed E-state index contributed by atoms with van der Waals surface area (Å²) in [5.41, 5.74) is 8.74. The van der Waals surface area contributed by atoms with Gasteiger partial charge in [0.15, 0.2) is 0 Å². The Kier molecular flexibility index (Phi) is 2.52. The maximum Gasteiger partial charge on any atom is 0.146 e. The van der Waals surface area contributed by atoms with Crippen LogP contribution in [0.1, 0.15) is 5.56 Å². The van der Waals surface area contributed by atoms with Crippen LogP contribution < -0.4 is 5.73 Å². The molecule has 0 fully saturated rings. The van der Waals surface area contributed by atoms with Crippen molar-refractivity contribution < 1.29 is 4.39 Å². The molecule has 3 aromatic rings. The Morgan fingerprint density at radius 3 is 2.78 bits per heavy atom. The summed E-state index contributed by atoms with van der Waals surface area (Å²) < 4.78 is 14.3. The van der Waals surface area contributed by atoms with E-state index in [1.54, 1.807) is 23.5 Å². The van der Waals surface area contributed by atoms with Crippen LogP contribution in [0.2, 0.25) is 0 Å². The van der Waals surface area contributed by atoms with Gasteiger partial charge < -0.3 is 5.73 Å². The van der Waals surface area contributed by atoms with E-state index in [-0.39, 0.29) is 5.69 Å². The minimum Gasteiger partial charge on any atom is -0.396 e. The molecule has 0 unspecified atom stereocenters. The smallest absolute Gasteiger partial charge is 0.146 e. The van der Waals surface area contributed by atoms with Crippen LogP contribution >= 0.6 is 11.3 Å². The molecule has 0 aliphatic rings. The zero-order valence-electron chi connectivity index (χ0n) is 9.77. The summed E-state index contributed by atoms with van der Waals surface area (Å²) in [5, 5.41) is 0.863. The van der Waals surface area contributed by atoms with Crippen molar-refractivity contribution in [2.45, 2.75) is 6.92 Å². The third-order valence-corrected chi connectivity index (χ3v) is 3.87. The molecule has 0 saturated carbocycles. The molecule has 0 bridgehead atoms. The molecule has 90 valence electrons. The normalized spacial score (nSPS) is 11.0. The van der Waals surface area contributed by atoms with Crippen molar-refractivity contribution in [3.8, 4) is 10.6 Å². The highest BCUT2D eigenvalue weighted by Gasteiger charge is 2.08. The number of nitrogens with two attached hydrogens (primary N) is 1. The van der Waals surface area contributed by atoms with Gasteiger partial charge in [-0.3, -0.25) is 0 Å². The second kappa shape index (κ2) is 4.07. The Labute approximate surface area is 108 Å². The summed E-state index contributed by atoms with van der Waals surface area (Å²) in [5.74, 6) is -0.393. The lowest BCUT2D eigenvalue weighted by molar-refractivity contribution is 0.632. The maximum atomic E-state index is 13.1. The molecule has 0 aliphatic heterocycles. The van der Waals surface area contributed by atoms with Gasteiger partial charge >= 0.3 is 0 Å². The van der Waals surface area contributed by atoms with Crippen molar-refractivity contribution in [2.75, 3.05) is 5.73 Å². The molecule has 0 radical (unpaired) electrons. The standard InChI is InChI=1S/C14H11FN2S/c1-8-2-5-13-12(6-8)17-14(18-13)9-3-4-10(15)11(16)7-9/h2-7H,16H2,1H3. The predicted octanol–water partition coefficient (Wildman–Crippen LogP) is 3.99. The van der Waals surface area contributed by atoms with Gasteiger partial charge in [0, 0.05) is 5.56 Å². The van der Waals surface area contributed by atoms with Crippen LogP contribution in [0.5, 0.6) is 0 Å². The fourth-order valence-corrected chi connectivity index (χ4v) is 2.78. The van der Waals surface area contributed by atoms with Crippen LogP contribution in [0.4, 0.5) is 10.1 Å². The van der Waals surface area contributed by atoms with E-state index < -0.39 is 5.82 Å². The van der Waals surface area contributed by atoms with Gasteiger partial charge in [-0.25, -0.2) is 9.37 Å². The predicted molar refractivity (Wildman–Crippen MR) is 74.2 cm³/mol. The molecule has 0 atom stereocenters. The van der Waals surface area contributed by atoms with Crippen LogP contribution in [0.15, 0.2) is 36.4 Å². The Bertz CT molecular complexity index is 734. The zero-order valence-corrected chi connectivity index (χ0v) is 10.6. The maximum absolute atomic E-state index is 13.1. The Morgan fingerprint density at radius 2 is 2.00 bits per heavy atom. The van der Waals surface area contributed by atoms with E-state index in [0.29, 0.717) is 0 Å². The van der Waals surface area contributed by atoms with Gasteiger partial charge in [-0.2, -0.15) is 0 Å². The molecule has 0 saturated heterocycles. The number of hydrogen-bond donors (Lipinski definition) is 1. The van der Waals surface area contributed by atoms with Crippen molar-refractivity contribution in [3.05, 3.63) is 47.8 Å². The van der Waals surface area contributed by atoms with Crippen molar-refractivity contribution in [2.24, 2.45) is 0 Å². The molecule has 0 aliphatic carbocycles. The molecule has 18 heavy (non-hydrogen) atoms. The van der Waals surface area contributed by atoms with E-state index in [1.807, 2.05) is 13.0 Å². The van der Waals surface area contributed by atoms with Gasteiger partial charge in [-0.05, 0) is 42.8 Å². The third-order valence-electron chi connectivity index (χ3n) is 2.79. The van der Waals surface area contributed by atoms with E-state index >= 15 is 0 Å². The fourth-order valence-electron chi connectivity index (χ4n) is 1.84. The Hall–Kier alpha value is -1.94. The first-order chi connectivity index (χ1) is 8.63. The summed E-state index contributed by atoms with van der Waals surface area (Å²) >= 11 is 1.58. The minimum atomic E-state index is -0.393. The lowest BCUT2D eigenvalue weighted by atomic mass is 10.2. The number of nitrogen functional groups attached to an aromatic ring is 1. The average Bonchev–Trinajstić information content (AvgIpc) is 2.75. The van der Waals surface area contributed by atoms with Gasteiger partial charge in [-0.15, -0.1) is 11.3 Å². The number of aromatic nitrogens is 1. The van der Waals surface area contributed by atoms with Crippen LogP contribution in [-0.2, 0) is 0 Å². The lowest BCUT2D eigenvalue weighted by Crippen LogP contribution is -1.90. The SMILES string of the molecule is Cc1ccc2sc(-c3ccc(F)c(N)c3)nc2c1. The number of nitrogens with zero attached hydrogens (tertiary/aromatic N) is 1. The number of benzene rings is 2. The summed E-state index contributed by atoms with van der Waals surface area (Å²) in [6, 6.07) is 10.9. The quantitative estimate of drug-likeness (QED) is 0.670. The molecule has 0 spiro atoms. The molecular weight excluding hydrogens is 247 g/mol. The van der Waals surface area contributed by atoms with Crippen molar-refractivity contribution in [1.29, 1.82) is 0 Å². The number of thiazole rings is 1. The molecule has 2 nitrogen and oxygen atoms in total. The number of halogens is 1. The second-order valence-corrected chi connectivity index (χ2v) is 5.26. The summed E-state index contributed by atoms with van der Waals surface area (Å²) in [6.07, 6.45) is 0. The first-order valence-corrected chi connectivity index (χ1v) is 6.38. The highest BCUT2D eigenvalue weighted by Crippen LogP contribution is 2.31. The average molecular weight is 258 g/mol. The van der Waals surface area contributed by atoms with Crippen LogP contribution in [-0.4, -0.2) is 4.98 Å².